The summed E-state index contributed by atoms with van der Waals surface area (Å²) >= 11 is 0. The second kappa shape index (κ2) is 6.50. The molecule has 1 aromatic heterocycles. The van der Waals surface area contributed by atoms with Gasteiger partial charge in [0.2, 0.25) is 5.82 Å². The molecule has 0 saturated carbocycles. The van der Waals surface area contributed by atoms with Crippen LogP contribution < -0.4 is 9.38 Å². The van der Waals surface area contributed by atoms with Crippen molar-refractivity contribution in [2.45, 2.75) is 0 Å². The number of benzene rings is 2. The smallest absolute Gasteiger partial charge is 0.622 e. The molecule has 0 fully saturated rings. The van der Waals surface area contributed by atoms with E-state index < -0.39 is 7.04 Å². The molecule has 0 saturated heterocycles. The third-order valence-corrected chi connectivity index (χ3v) is 4.48. The number of hydrogen-bond acceptors (Lipinski definition) is 3. The lowest BCUT2D eigenvalue weighted by Crippen LogP contribution is -2.64. The molecule has 4 nitrogen and oxygen atoms in total. The monoisotopic (exact) mass is 365 g/mol. The van der Waals surface area contributed by atoms with Crippen LogP contribution in [-0.4, -0.2) is 26.1 Å². The highest BCUT2D eigenvalue weighted by molar-refractivity contribution is 6.51. The summed E-state index contributed by atoms with van der Waals surface area (Å²) in [5.74, 6) is 0.762. The summed E-state index contributed by atoms with van der Waals surface area (Å²) in [6.45, 7) is 0. The molecule has 0 N–H and O–H groups in total. The summed E-state index contributed by atoms with van der Waals surface area (Å²) in [5.41, 5.74) is 2.38. The fraction of sp³-hybridized carbons (Fsp3) is 0.100. The maximum absolute atomic E-state index is 14.9. The average molecular weight is 365 g/mol. The summed E-state index contributed by atoms with van der Waals surface area (Å²) < 4.78 is 35.8. The standard InChI is InChI=1S/C20H18BF2N3O/c1-25(2)18-13-17-19(15-9-5-3-6-10-15)20(16-11-7-4-8-12-16)27-21(22,23)26(17)14-24-18/h3-14H,1-2H3. The van der Waals surface area contributed by atoms with Gasteiger partial charge in [-0.3, -0.25) is 0 Å². The fourth-order valence-electron chi connectivity index (χ4n) is 3.16. The van der Waals surface area contributed by atoms with Crippen LogP contribution in [0.4, 0.5) is 14.4 Å². The molecule has 0 atom stereocenters. The second-order valence-corrected chi connectivity index (χ2v) is 6.55. The second-order valence-electron chi connectivity index (χ2n) is 6.55. The maximum Gasteiger partial charge on any atom is 0.734 e. The summed E-state index contributed by atoms with van der Waals surface area (Å²) in [7, 11) is -0.644. The van der Waals surface area contributed by atoms with Gasteiger partial charge in [0.15, 0.2) is 0 Å². The Balaban J connectivity index is 2.06. The van der Waals surface area contributed by atoms with E-state index in [9.17, 15) is 8.63 Å². The zero-order valence-corrected chi connectivity index (χ0v) is 15.0. The highest BCUT2D eigenvalue weighted by Gasteiger charge is 2.46. The van der Waals surface area contributed by atoms with Crippen molar-refractivity contribution in [2.75, 3.05) is 19.0 Å². The molecule has 0 spiro atoms. The molecule has 0 amide bonds. The van der Waals surface area contributed by atoms with E-state index in [1.807, 2.05) is 50.5 Å². The van der Waals surface area contributed by atoms with Gasteiger partial charge in [0.1, 0.15) is 5.69 Å². The number of nitrogens with zero attached hydrogens (tertiary/aromatic N) is 3. The SMILES string of the molecule is CN(C)c1cc2[n+](cn1)[B-](F)(F)OC(c1ccccc1)=C2c1ccccc1. The molecule has 0 aliphatic carbocycles. The minimum Gasteiger partial charge on any atom is -0.622 e. The Hall–Kier alpha value is -3.22. The van der Waals surface area contributed by atoms with Crippen LogP contribution in [0.15, 0.2) is 73.1 Å². The van der Waals surface area contributed by atoms with Crippen molar-refractivity contribution in [1.29, 1.82) is 0 Å². The number of rotatable bonds is 3. The Bertz CT molecular complexity index is 1010. The molecular formula is C20H18BF2N3O. The molecule has 27 heavy (non-hydrogen) atoms. The minimum absolute atomic E-state index is 0.169. The highest BCUT2D eigenvalue weighted by atomic mass is 19.3. The molecular weight excluding hydrogens is 347 g/mol. The Morgan fingerprint density at radius 3 is 2.11 bits per heavy atom. The quantitative estimate of drug-likeness (QED) is 0.665. The van der Waals surface area contributed by atoms with Crippen LogP contribution in [0.25, 0.3) is 11.3 Å². The lowest BCUT2D eigenvalue weighted by atomic mass is 9.90. The van der Waals surface area contributed by atoms with Crippen molar-refractivity contribution in [3.05, 3.63) is 89.9 Å². The van der Waals surface area contributed by atoms with Gasteiger partial charge in [0.25, 0.3) is 6.33 Å². The van der Waals surface area contributed by atoms with Crippen molar-refractivity contribution >= 4 is 24.2 Å². The van der Waals surface area contributed by atoms with Crippen molar-refractivity contribution in [1.82, 2.24) is 4.98 Å². The van der Waals surface area contributed by atoms with Gasteiger partial charge < -0.3 is 22.7 Å². The largest absolute Gasteiger partial charge is 0.734 e. The Morgan fingerprint density at radius 2 is 1.52 bits per heavy atom. The van der Waals surface area contributed by atoms with Gasteiger partial charge in [-0.2, -0.15) is 0 Å². The first-order valence-corrected chi connectivity index (χ1v) is 8.61. The summed E-state index contributed by atoms with van der Waals surface area (Å²) in [5, 5.41) is 0. The Labute approximate surface area is 156 Å². The first kappa shape index (κ1) is 17.2. The van der Waals surface area contributed by atoms with Crippen LogP contribution >= 0.6 is 0 Å². The molecule has 136 valence electrons. The van der Waals surface area contributed by atoms with Gasteiger partial charge in [-0.25, -0.2) is 0 Å². The summed E-state index contributed by atoms with van der Waals surface area (Å²) in [4.78, 5) is 5.92. The molecule has 0 bridgehead atoms. The van der Waals surface area contributed by atoms with Crippen LogP contribution in [0.1, 0.15) is 16.8 Å². The van der Waals surface area contributed by atoms with Crippen LogP contribution in [0.3, 0.4) is 0 Å². The van der Waals surface area contributed by atoms with E-state index in [4.69, 9.17) is 4.65 Å². The molecule has 3 aromatic rings. The summed E-state index contributed by atoms with van der Waals surface area (Å²) in [6.07, 6.45) is 1.15. The van der Waals surface area contributed by atoms with E-state index >= 15 is 0 Å². The van der Waals surface area contributed by atoms with Crippen molar-refractivity contribution in [3.63, 3.8) is 0 Å². The lowest BCUT2D eigenvalue weighted by Gasteiger charge is -2.34. The molecule has 0 unspecified atom stereocenters. The zero-order chi connectivity index (χ0) is 19.0. The maximum atomic E-state index is 14.9. The van der Waals surface area contributed by atoms with Gasteiger partial charge in [-0.1, -0.05) is 60.7 Å². The van der Waals surface area contributed by atoms with Crippen LogP contribution in [0.2, 0.25) is 0 Å². The predicted octanol–water partition coefficient (Wildman–Crippen LogP) is 3.60. The van der Waals surface area contributed by atoms with E-state index in [2.05, 4.69) is 4.98 Å². The van der Waals surface area contributed by atoms with Crippen molar-refractivity contribution in [3.8, 4) is 0 Å². The van der Waals surface area contributed by atoms with Crippen molar-refractivity contribution in [2.24, 2.45) is 0 Å². The number of aromatic nitrogens is 2. The molecule has 1 aliphatic rings. The normalized spacial score (nSPS) is 15.1. The molecule has 1 aliphatic heterocycles. The van der Waals surface area contributed by atoms with E-state index in [0.717, 1.165) is 16.4 Å². The molecule has 2 heterocycles. The average Bonchev–Trinajstić information content (AvgIpc) is 2.68. The van der Waals surface area contributed by atoms with Gasteiger partial charge in [-0.05, 0) is 10.5 Å². The van der Waals surface area contributed by atoms with Crippen LogP contribution in [-0.2, 0) is 4.65 Å². The van der Waals surface area contributed by atoms with E-state index in [-0.39, 0.29) is 5.76 Å². The first-order valence-electron chi connectivity index (χ1n) is 8.61. The topological polar surface area (TPSA) is 29.2 Å². The third kappa shape index (κ3) is 3.05. The van der Waals surface area contributed by atoms with Gasteiger partial charge in [0, 0.05) is 19.7 Å². The van der Waals surface area contributed by atoms with Crippen LogP contribution in [0, 0.1) is 0 Å². The molecule has 2 aromatic carbocycles. The highest BCUT2D eigenvalue weighted by Crippen LogP contribution is 2.37. The fourth-order valence-corrected chi connectivity index (χ4v) is 3.16. The Morgan fingerprint density at radius 1 is 0.926 bits per heavy atom. The van der Waals surface area contributed by atoms with Gasteiger partial charge >= 0.3 is 7.04 Å². The zero-order valence-electron chi connectivity index (χ0n) is 15.0. The van der Waals surface area contributed by atoms with Gasteiger partial charge in [0.05, 0.1) is 17.4 Å². The summed E-state index contributed by atoms with van der Waals surface area (Å²) in [6, 6.07) is 20.1. The van der Waals surface area contributed by atoms with Gasteiger partial charge in [-0.15, -0.1) is 0 Å². The lowest BCUT2D eigenvalue weighted by molar-refractivity contribution is -0.587. The first-order chi connectivity index (χ1) is 13.0. The van der Waals surface area contributed by atoms with Crippen molar-refractivity contribution < 1.29 is 17.8 Å². The number of fused-ring (bicyclic) bond motifs is 1. The minimum atomic E-state index is -4.29. The molecule has 4 rings (SSSR count). The number of anilines is 1. The van der Waals surface area contributed by atoms with Crippen LogP contribution in [0.5, 0.6) is 0 Å². The van der Waals surface area contributed by atoms with E-state index in [0.29, 0.717) is 22.6 Å². The third-order valence-electron chi connectivity index (χ3n) is 4.48. The number of halogens is 2. The Kier molecular flexibility index (Phi) is 4.14. The predicted molar refractivity (Wildman–Crippen MR) is 102 cm³/mol. The van der Waals surface area contributed by atoms with E-state index in [1.54, 1.807) is 35.2 Å². The molecule has 0 radical (unpaired) electrons. The van der Waals surface area contributed by atoms with E-state index in [1.165, 1.54) is 0 Å². The molecule has 7 heteroatoms. The number of hydrogen-bond donors (Lipinski definition) is 0.